The molecular weight excluding hydrogens is 326 g/mol. The molecule has 1 N–H and O–H groups in total. The van der Waals surface area contributed by atoms with Gasteiger partial charge in [0, 0.05) is 47.3 Å². The Morgan fingerprint density at radius 2 is 1.95 bits per heavy atom. The normalized spacial score (nSPS) is 22.6. The van der Waals surface area contributed by atoms with Gasteiger partial charge in [-0.1, -0.05) is 15.9 Å². The summed E-state index contributed by atoms with van der Waals surface area (Å²) >= 11 is 3.21. The van der Waals surface area contributed by atoms with E-state index in [2.05, 4.69) is 21.2 Å². The summed E-state index contributed by atoms with van der Waals surface area (Å²) in [4.78, 5) is 24.6. The van der Waals surface area contributed by atoms with E-state index >= 15 is 0 Å². The highest BCUT2D eigenvalue weighted by molar-refractivity contribution is 9.10. The molecule has 0 radical (unpaired) electrons. The highest BCUT2D eigenvalue weighted by atomic mass is 79.9. The molecule has 1 aliphatic rings. The van der Waals surface area contributed by atoms with E-state index in [1.807, 2.05) is 13.8 Å². The van der Waals surface area contributed by atoms with Gasteiger partial charge < -0.3 is 10.2 Å². The number of halogens is 1. The first-order valence-electron chi connectivity index (χ1n) is 6.37. The quantitative estimate of drug-likeness (QED) is 0.660. The number of nitrogens with zero attached hydrogens (tertiary/aromatic N) is 2. The standard InChI is InChI=1S/C13H16BrN3O3/c1-8-6-16(7-9(2)15-8)13(18)10-3-11(14)5-12(4-10)17(19)20/h3-5,8-9,15H,6-7H2,1-2H3. The fourth-order valence-corrected chi connectivity index (χ4v) is 2.96. The van der Waals surface area contributed by atoms with Crippen LogP contribution in [0.5, 0.6) is 0 Å². The summed E-state index contributed by atoms with van der Waals surface area (Å²) in [5, 5.41) is 14.2. The van der Waals surface area contributed by atoms with Crippen molar-refractivity contribution in [2.24, 2.45) is 0 Å². The van der Waals surface area contributed by atoms with Crippen LogP contribution < -0.4 is 5.32 Å². The molecule has 1 saturated heterocycles. The summed E-state index contributed by atoms with van der Waals surface area (Å²) in [5.41, 5.74) is 0.256. The van der Waals surface area contributed by atoms with E-state index in [-0.39, 0.29) is 23.7 Å². The van der Waals surface area contributed by atoms with Gasteiger partial charge >= 0.3 is 0 Å². The number of piperazine rings is 1. The first kappa shape index (κ1) is 14.9. The van der Waals surface area contributed by atoms with Gasteiger partial charge in [-0.25, -0.2) is 0 Å². The smallest absolute Gasteiger partial charge is 0.271 e. The highest BCUT2D eigenvalue weighted by Gasteiger charge is 2.26. The van der Waals surface area contributed by atoms with E-state index in [4.69, 9.17) is 0 Å². The predicted octanol–water partition coefficient (Wildman–Crippen LogP) is 2.18. The van der Waals surface area contributed by atoms with Crippen LogP contribution in [0.25, 0.3) is 0 Å². The first-order valence-corrected chi connectivity index (χ1v) is 7.16. The van der Waals surface area contributed by atoms with E-state index in [9.17, 15) is 14.9 Å². The number of nitro benzene ring substituents is 1. The molecule has 7 heteroatoms. The van der Waals surface area contributed by atoms with Crippen LogP contribution in [0.1, 0.15) is 24.2 Å². The van der Waals surface area contributed by atoms with Crippen LogP contribution in [0.3, 0.4) is 0 Å². The van der Waals surface area contributed by atoms with E-state index in [1.54, 1.807) is 11.0 Å². The number of non-ortho nitro benzene ring substituents is 1. The zero-order valence-corrected chi connectivity index (χ0v) is 12.9. The molecule has 0 aromatic heterocycles. The van der Waals surface area contributed by atoms with Crippen molar-refractivity contribution in [3.63, 3.8) is 0 Å². The maximum absolute atomic E-state index is 12.5. The van der Waals surface area contributed by atoms with Crippen LogP contribution in [0.4, 0.5) is 5.69 Å². The molecule has 0 bridgehead atoms. The number of nitro groups is 1. The minimum absolute atomic E-state index is 0.0843. The molecule has 1 fully saturated rings. The van der Waals surface area contributed by atoms with Gasteiger partial charge in [0.1, 0.15) is 0 Å². The summed E-state index contributed by atoms with van der Waals surface area (Å²) in [7, 11) is 0. The molecule has 0 aliphatic carbocycles. The van der Waals surface area contributed by atoms with Gasteiger partial charge in [0.15, 0.2) is 0 Å². The van der Waals surface area contributed by atoms with Crippen molar-refractivity contribution in [2.45, 2.75) is 25.9 Å². The third kappa shape index (κ3) is 3.34. The largest absolute Gasteiger partial charge is 0.336 e. The van der Waals surface area contributed by atoms with Crippen molar-refractivity contribution in [3.05, 3.63) is 38.3 Å². The van der Waals surface area contributed by atoms with Gasteiger partial charge in [-0.15, -0.1) is 0 Å². The monoisotopic (exact) mass is 341 g/mol. The summed E-state index contributed by atoms with van der Waals surface area (Å²) in [6.45, 7) is 5.23. The van der Waals surface area contributed by atoms with Crippen molar-refractivity contribution < 1.29 is 9.72 Å². The molecule has 108 valence electrons. The van der Waals surface area contributed by atoms with Gasteiger partial charge in [0.25, 0.3) is 11.6 Å². The lowest BCUT2D eigenvalue weighted by Gasteiger charge is -2.36. The first-order chi connectivity index (χ1) is 9.36. The second kappa shape index (κ2) is 5.88. The van der Waals surface area contributed by atoms with Crippen LogP contribution in [-0.4, -0.2) is 40.9 Å². The molecule has 20 heavy (non-hydrogen) atoms. The number of hydrogen-bond donors (Lipinski definition) is 1. The molecule has 0 saturated carbocycles. The Labute approximate surface area is 125 Å². The third-order valence-corrected chi connectivity index (χ3v) is 3.64. The molecule has 2 unspecified atom stereocenters. The predicted molar refractivity (Wildman–Crippen MR) is 78.8 cm³/mol. The average Bonchev–Trinajstić information content (AvgIpc) is 2.35. The van der Waals surface area contributed by atoms with Gasteiger partial charge in [0.2, 0.25) is 0 Å². The summed E-state index contributed by atoms with van der Waals surface area (Å²) in [5.74, 6) is -0.172. The van der Waals surface area contributed by atoms with Gasteiger partial charge in [-0.3, -0.25) is 14.9 Å². The Balaban J connectivity index is 2.26. The van der Waals surface area contributed by atoms with Crippen LogP contribution in [0.15, 0.2) is 22.7 Å². The van der Waals surface area contributed by atoms with E-state index in [0.29, 0.717) is 23.1 Å². The minimum atomic E-state index is -0.495. The van der Waals surface area contributed by atoms with Crippen molar-refractivity contribution in [1.82, 2.24) is 10.2 Å². The number of hydrogen-bond acceptors (Lipinski definition) is 4. The molecule has 0 spiro atoms. The van der Waals surface area contributed by atoms with Crippen LogP contribution >= 0.6 is 15.9 Å². The highest BCUT2D eigenvalue weighted by Crippen LogP contribution is 2.23. The lowest BCUT2D eigenvalue weighted by atomic mass is 10.1. The Morgan fingerprint density at radius 1 is 1.35 bits per heavy atom. The van der Waals surface area contributed by atoms with Crippen LogP contribution in [0.2, 0.25) is 0 Å². The van der Waals surface area contributed by atoms with Crippen LogP contribution in [-0.2, 0) is 0 Å². The lowest BCUT2D eigenvalue weighted by molar-refractivity contribution is -0.385. The third-order valence-electron chi connectivity index (χ3n) is 3.19. The fraction of sp³-hybridized carbons (Fsp3) is 0.462. The molecule has 6 nitrogen and oxygen atoms in total. The topological polar surface area (TPSA) is 75.5 Å². The maximum atomic E-state index is 12.5. The van der Waals surface area contributed by atoms with Gasteiger partial charge in [-0.2, -0.15) is 0 Å². The number of rotatable bonds is 2. The van der Waals surface area contributed by atoms with Crippen molar-refractivity contribution in [3.8, 4) is 0 Å². The lowest BCUT2D eigenvalue weighted by Crippen LogP contribution is -2.55. The summed E-state index contributed by atoms with van der Waals surface area (Å²) in [6.07, 6.45) is 0. The van der Waals surface area contributed by atoms with Crippen molar-refractivity contribution >= 4 is 27.5 Å². The molecule has 1 aromatic rings. The average molecular weight is 342 g/mol. The van der Waals surface area contributed by atoms with Crippen LogP contribution in [0, 0.1) is 10.1 Å². The number of carbonyl (C=O) groups excluding carboxylic acids is 1. The summed E-state index contributed by atoms with van der Waals surface area (Å²) < 4.78 is 0.534. The number of amides is 1. The molecule has 1 heterocycles. The number of nitrogens with one attached hydrogen (secondary N) is 1. The fourth-order valence-electron chi connectivity index (χ4n) is 2.48. The van der Waals surface area contributed by atoms with Gasteiger partial charge in [0.05, 0.1) is 4.92 Å². The van der Waals surface area contributed by atoms with Crippen molar-refractivity contribution in [2.75, 3.05) is 13.1 Å². The van der Waals surface area contributed by atoms with Gasteiger partial charge in [-0.05, 0) is 19.9 Å². The zero-order chi connectivity index (χ0) is 14.9. The Hall–Kier alpha value is -1.47. The zero-order valence-electron chi connectivity index (χ0n) is 11.3. The Kier molecular flexibility index (Phi) is 4.39. The molecular formula is C13H16BrN3O3. The number of benzene rings is 1. The molecule has 1 aromatic carbocycles. The second-order valence-electron chi connectivity index (χ2n) is 5.13. The summed E-state index contributed by atoms with van der Waals surface area (Å²) in [6, 6.07) is 4.76. The molecule has 1 amide bonds. The second-order valence-corrected chi connectivity index (χ2v) is 6.05. The SMILES string of the molecule is CC1CN(C(=O)c2cc(Br)cc([N+](=O)[O-])c2)CC(C)N1. The van der Waals surface area contributed by atoms with Crippen molar-refractivity contribution in [1.29, 1.82) is 0 Å². The number of carbonyl (C=O) groups is 1. The van der Waals surface area contributed by atoms with E-state index in [0.717, 1.165) is 0 Å². The Morgan fingerprint density at radius 3 is 2.50 bits per heavy atom. The Bertz CT molecular complexity index is 540. The molecule has 1 aliphatic heterocycles. The minimum Gasteiger partial charge on any atom is -0.336 e. The molecule has 2 atom stereocenters. The molecule has 2 rings (SSSR count). The van der Waals surface area contributed by atoms with E-state index in [1.165, 1.54) is 12.1 Å². The maximum Gasteiger partial charge on any atom is 0.271 e. The van der Waals surface area contributed by atoms with E-state index < -0.39 is 4.92 Å².